The van der Waals surface area contributed by atoms with Crippen molar-refractivity contribution in [1.29, 1.82) is 0 Å². The fourth-order valence-electron chi connectivity index (χ4n) is 3.62. The molecule has 1 aliphatic heterocycles. The smallest absolute Gasteiger partial charge is 0.335 e. The molecule has 4 rings (SSSR count). The number of anilines is 1. The maximum Gasteiger partial charge on any atom is 0.335 e. The van der Waals surface area contributed by atoms with Crippen LogP contribution in [-0.2, 0) is 6.54 Å². The summed E-state index contributed by atoms with van der Waals surface area (Å²) in [5.74, 6) is 0.771. The molecule has 5 nitrogen and oxygen atoms in total. The van der Waals surface area contributed by atoms with E-state index in [2.05, 4.69) is 28.5 Å². The Morgan fingerprint density at radius 1 is 1.15 bits per heavy atom. The second-order valence-corrected chi connectivity index (χ2v) is 7.16. The third-order valence-corrected chi connectivity index (χ3v) is 5.23. The van der Waals surface area contributed by atoms with E-state index in [-0.39, 0.29) is 5.56 Å². The van der Waals surface area contributed by atoms with Gasteiger partial charge in [0, 0.05) is 13.1 Å². The summed E-state index contributed by atoms with van der Waals surface area (Å²) in [5.41, 5.74) is 3.21. The molecule has 26 heavy (non-hydrogen) atoms. The Morgan fingerprint density at radius 2 is 1.88 bits per heavy atom. The maximum absolute atomic E-state index is 11.3. The Labute approximate surface area is 152 Å². The molecule has 2 aromatic carbocycles. The minimum atomic E-state index is -0.919. The summed E-state index contributed by atoms with van der Waals surface area (Å²) in [6, 6.07) is 15.5. The molecule has 2 heterocycles. The van der Waals surface area contributed by atoms with E-state index in [0.717, 1.165) is 55.4 Å². The summed E-state index contributed by atoms with van der Waals surface area (Å²) < 4.78 is 2.21. The van der Waals surface area contributed by atoms with Crippen molar-refractivity contribution >= 4 is 23.0 Å². The molecule has 0 unspecified atom stereocenters. The van der Waals surface area contributed by atoms with Gasteiger partial charge in [0.15, 0.2) is 0 Å². The highest BCUT2D eigenvalue weighted by Crippen LogP contribution is 2.28. The lowest BCUT2D eigenvalue weighted by molar-refractivity contribution is 0.0697. The van der Waals surface area contributed by atoms with Crippen LogP contribution in [0.5, 0.6) is 0 Å². The first-order valence-electron chi connectivity index (χ1n) is 9.14. The van der Waals surface area contributed by atoms with E-state index in [1.165, 1.54) is 5.56 Å². The van der Waals surface area contributed by atoms with Crippen molar-refractivity contribution in [3.63, 3.8) is 0 Å². The fourth-order valence-corrected chi connectivity index (χ4v) is 3.62. The second kappa shape index (κ2) is 6.83. The minimum absolute atomic E-state index is 0.278. The molecule has 1 fully saturated rings. The number of nitrogens with zero attached hydrogens (tertiary/aromatic N) is 3. The van der Waals surface area contributed by atoms with Gasteiger partial charge in [-0.25, -0.2) is 9.78 Å². The van der Waals surface area contributed by atoms with Crippen LogP contribution in [0.4, 0.5) is 5.95 Å². The summed E-state index contributed by atoms with van der Waals surface area (Å²) in [6.07, 6.45) is 2.32. The normalized spacial score (nSPS) is 15.5. The van der Waals surface area contributed by atoms with Crippen LogP contribution in [0.2, 0.25) is 0 Å². The Balaban J connectivity index is 1.79. The van der Waals surface area contributed by atoms with Crippen molar-refractivity contribution in [2.75, 3.05) is 18.0 Å². The maximum atomic E-state index is 11.3. The number of rotatable bonds is 4. The standard InChI is InChI=1S/C21H23N3O2/c1-15-9-11-23(12-10-15)21-22-18-13-17(20(25)26)7-8-19(18)24(21)14-16-5-3-2-4-6-16/h2-8,13,15H,9-12,14H2,1H3,(H,25,26). The van der Waals surface area contributed by atoms with Crippen LogP contribution in [0.3, 0.4) is 0 Å². The van der Waals surface area contributed by atoms with Crippen LogP contribution < -0.4 is 4.90 Å². The van der Waals surface area contributed by atoms with E-state index in [0.29, 0.717) is 0 Å². The van der Waals surface area contributed by atoms with Crippen molar-refractivity contribution in [3.05, 3.63) is 59.7 Å². The average molecular weight is 349 g/mol. The molecular formula is C21H23N3O2. The SMILES string of the molecule is CC1CCN(c2nc3cc(C(=O)O)ccc3n2Cc2ccccc2)CC1. The van der Waals surface area contributed by atoms with Gasteiger partial charge in [0.2, 0.25) is 5.95 Å². The van der Waals surface area contributed by atoms with Crippen molar-refractivity contribution in [1.82, 2.24) is 9.55 Å². The molecule has 0 aliphatic carbocycles. The van der Waals surface area contributed by atoms with Crippen molar-refractivity contribution in [2.45, 2.75) is 26.3 Å². The van der Waals surface area contributed by atoms with Gasteiger partial charge in [0.25, 0.3) is 0 Å². The molecule has 0 spiro atoms. The Morgan fingerprint density at radius 3 is 2.58 bits per heavy atom. The predicted molar refractivity (Wildman–Crippen MR) is 103 cm³/mol. The van der Waals surface area contributed by atoms with Crippen LogP contribution in [0, 0.1) is 5.92 Å². The van der Waals surface area contributed by atoms with Crippen molar-refractivity contribution in [2.24, 2.45) is 5.92 Å². The molecule has 5 heteroatoms. The monoisotopic (exact) mass is 349 g/mol. The van der Waals surface area contributed by atoms with E-state index in [4.69, 9.17) is 4.98 Å². The summed E-state index contributed by atoms with van der Waals surface area (Å²) in [6.45, 7) is 5.00. The zero-order chi connectivity index (χ0) is 18.1. The highest BCUT2D eigenvalue weighted by Gasteiger charge is 2.22. The number of fused-ring (bicyclic) bond motifs is 1. The van der Waals surface area contributed by atoms with E-state index in [1.807, 2.05) is 24.3 Å². The van der Waals surface area contributed by atoms with Gasteiger partial charge in [0.1, 0.15) is 0 Å². The average Bonchev–Trinajstić information content (AvgIpc) is 3.01. The molecule has 1 N–H and O–H groups in total. The summed E-state index contributed by atoms with van der Waals surface area (Å²) in [7, 11) is 0. The van der Waals surface area contributed by atoms with E-state index in [1.54, 1.807) is 12.1 Å². The lowest BCUT2D eigenvalue weighted by atomic mass is 10.00. The van der Waals surface area contributed by atoms with Crippen LogP contribution >= 0.6 is 0 Å². The molecule has 1 aliphatic rings. The number of hydrogen-bond donors (Lipinski definition) is 1. The van der Waals surface area contributed by atoms with E-state index < -0.39 is 5.97 Å². The molecule has 0 bridgehead atoms. The zero-order valence-electron chi connectivity index (χ0n) is 14.9. The van der Waals surface area contributed by atoms with Crippen LogP contribution in [0.1, 0.15) is 35.7 Å². The molecular weight excluding hydrogens is 326 g/mol. The van der Waals surface area contributed by atoms with Gasteiger partial charge in [-0.05, 0) is 42.5 Å². The first-order valence-corrected chi connectivity index (χ1v) is 9.14. The number of carbonyl (C=O) groups is 1. The number of piperidine rings is 1. The number of carboxylic acid groups (broad SMARTS) is 1. The molecule has 1 aromatic heterocycles. The summed E-state index contributed by atoms with van der Waals surface area (Å²) in [5, 5.41) is 9.29. The number of hydrogen-bond acceptors (Lipinski definition) is 3. The van der Waals surface area contributed by atoms with Crippen LogP contribution in [-0.4, -0.2) is 33.7 Å². The topological polar surface area (TPSA) is 58.4 Å². The summed E-state index contributed by atoms with van der Waals surface area (Å²) in [4.78, 5) is 18.5. The summed E-state index contributed by atoms with van der Waals surface area (Å²) >= 11 is 0. The molecule has 134 valence electrons. The van der Waals surface area contributed by atoms with Crippen molar-refractivity contribution in [3.8, 4) is 0 Å². The van der Waals surface area contributed by atoms with E-state index in [9.17, 15) is 9.90 Å². The lowest BCUT2D eigenvalue weighted by Crippen LogP contribution is -2.34. The quantitative estimate of drug-likeness (QED) is 0.773. The first kappa shape index (κ1) is 16.6. The molecule has 0 saturated carbocycles. The van der Waals surface area contributed by atoms with Gasteiger partial charge in [-0.15, -0.1) is 0 Å². The number of aromatic carboxylic acids is 1. The lowest BCUT2D eigenvalue weighted by Gasteiger charge is -2.31. The third kappa shape index (κ3) is 3.17. The first-order chi connectivity index (χ1) is 12.6. The van der Waals surface area contributed by atoms with Gasteiger partial charge in [0.05, 0.1) is 23.1 Å². The highest BCUT2D eigenvalue weighted by atomic mass is 16.4. The molecule has 0 radical (unpaired) electrons. The van der Waals surface area contributed by atoms with Gasteiger partial charge in [-0.2, -0.15) is 0 Å². The number of imidazole rings is 1. The Hall–Kier alpha value is -2.82. The second-order valence-electron chi connectivity index (χ2n) is 7.16. The van der Waals surface area contributed by atoms with Crippen LogP contribution in [0.15, 0.2) is 48.5 Å². The fraction of sp³-hybridized carbons (Fsp3) is 0.333. The Kier molecular flexibility index (Phi) is 4.37. The molecule has 0 amide bonds. The van der Waals surface area contributed by atoms with Crippen molar-refractivity contribution < 1.29 is 9.90 Å². The van der Waals surface area contributed by atoms with Gasteiger partial charge < -0.3 is 14.6 Å². The molecule has 0 atom stereocenters. The Bertz CT molecular complexity index is 925. The van der Waals surface area contributed by atoms with Gasteiger partial charge in [-0.3, -0.25) is 0 Å². The van der Waals surface area contributed by atoms with Gasteiger partial charge in [-0.1, -0.05) is 37.3 Å². The molecule has 3 aromatic rings. The zero-order valence-corrected chi connectivity index (χ0v) is 14.9. The number of benzene rings is 2. The minimum Gasteiger partial charge on any atom is -0.478 e. The predicted octanol–water partition coefficient (Wildman–Crippen LogP) is 4.02. The van der Waals surface area contributed by atoms with Crippen LogP contribution in [0.25, 0.3) is 11.0 Å². The number of carboxylic acids is 1. The number of aromatic nitrogens is 2. The molecule has 1 saturated heterocycles. The van der Waals surface area contributed by atoms with E-state index >= 15 is 0 Å². The largest absolute Gasteiger partial charge is 0.478 e. The highest BCUT2D eigenvalue weighted by molar-refractivity contribution is 5.93. The van der Waals surface area contributed by atoms with Gasteiger partial charge >= 0.3 is 5.97 Å². The third-order valence-electron chi connectivity index (χ3n) is 5.23.